The number of nitrogens with zero attached hydrogens (tertiary/aromatic N) is 4. The summed E-state index contributed by atoms with van der Waals surface area (Å²) in [5.74, 6) is 0.688. The monoisotopic (exact) mass is 383 g/mol. The first kappa shape index (κ1) is 18.0. The van der Waals surface area contributed by atoms with E-state index in [1.807, 2.05) is 36.4 Å². The quantitative estimate of drug-likeness (QED) is 0.551. The Labute approximate surface area is 158 Å². The summed E-state index contributed by atoms with van der Waals surface area (Å²) >= 11 is 0. The SMILES string of the molecule is FC(F)(F)c1ccc(Cn2nc(NCc3cccnn3)c3ccccc32)cc1. The summed E-state index contributed by atoms with van der Waals surface area (Å²) in [6.45, 7) is 0.834. The zero-order valence-corrected chi connectivity index (χ0v) is 14.7. The van der Waals surface area contributed by atoms with Gasteiger partial charge in [-0.15, -0.1) is 0 Å². The Morgan fingerprint density at radius 3 is 2.43 bits per heavy atom. The predicted molar refractivity (Wildman–Crippen MR) is 99.6 cm³/mol. The number of fused-ring (bicyclic) bond motifs is 1. The lowest BCUT2D eigenvalue weighted by Gasteiger charge is -2.08. The third-order valence-corrected chi connectivity index (χ3v) is 4.34. The summed E-state index contributed by atoms with van der Waals surface area (Å²) < 4.78 is 40.0. The lowest BCUT2D eigenvalue weighted by atomic mass is 10.1. The maximum atomic E-state index is 12.7. The zero-order chi connectivity index (χ0) is 19.6. The molecule has 2 aromatic heterocycles. The molecule has 0 saturated carbocycles. The molecule has 0 saturated heterocycles. The van der Waals surface area contributed by atoms with Crippen molar-refractivity contribution in [1.29, 1.82) is 0 Å². The molecule has 0 aliphatic carbocycles. The highest BCUT2D eigenvalue weighted by Gasteiger charge is 2.29. The summed E-state index contributed by atoms with van der Waals surface area (Å²) in [5, 5.41) is 16.7. The largest absolute Gasteiger partial charge is 0.416 e. The first-order valence-electron chi connectivity index (χ1n) is 8.63. The van der Waals surface area contributed by atoms with Crippen LogP contribution >= 0.6 is 0 Å². The fourth-order valence-electron chi connectivity index (χ4n) is 2.95. The van der Waals surface area contributed by atoms with Crippen molar-refractivity contribution in [2.24, 2.45) is 0 Å². The van der Waals surface area contributed by atoms with Crippen molar-refractivity contribution in [2.75, 3.05) is 5.32 Å². The molecule has 2 aromatic carbocycles. The second-order valence-electron chi connectivity index (χ2n) is 6.29. The minimum absolute atomic E-state index is 0.367. The first-order valence-corrected chi connectivity index (χ1v) is 8.63. The van der Waals surface area contributed by atoms with E-state index in [0.29, 0.717) is 18.9 Å². The van der Waals surface area contributed by atoms with Crippen LogP contribution in [0, 0.1) is 0 Å². The molecule has 0 aliphatic rings. The van der Waals surface area contributed by atoms with Crippen molar-refractivity contribution >= 4 is 16.7 Å². The summed E-state index contributed by atoms with van der Waals surface area (Å²) in [4.78, 5) is 0. The fourth-order valence-corrected chi connectivity index (χ4v) is 2.95. The number of para-hydroxylation sites is 1. The summed E-state index contributed by atoms with van der Waals surface area (Å²) in [7, 11) is 0. The van der Waals surface area contributed by atoms with Crippen molar-refractivity contribution in [3.63, 3.8) is 0 Å². The topological polar surface area (TPSA) is 55.6 Å². The summed E-state index contributed by atoms with van der Waals surface area (Å²) in [6, 6.07) is 16.5. The number of hydrogen-bond acceptors (Lipinski definition) is 4. The molecule has 0 radical (unpaired) electrons. The zero-order valence-electron chi connectivity index (χ0n) is 14.7. The fraction of sp³-hybridized carbons (Fsp3) is 0.150. The van der Waals surface area contributed by atoms with Gasteiger partial charge in [0.15, 0.2) is 5.82 Å². The van der Waals surface area contributed by atoms with Crippen molar-refractivity contribution in [3.8, 4) is 0 Å². The molecule has 0 bridgehead atoms. The molecule has 0 unspecified atom stereocenters. The van der Waals surface area contributed by atoms with Gasteiger partial charge in [0, 0.05) is 11.6 Å². The third-order valence-electron chi connectivity index (χ3n) is 4.34. The second-order valence-corrected chi connectivity index (χ2v) is 6.29. The van der Waals surface area contributed by atoms with Gasteiger partial charge in [0.25, 0.3) is 0 Å². The van der Waals surface area contributed by atoms with Gasteiger partial charge in [-0.1, -0.05) is 24.3 Å². The van der Waals surface area contributed by atoms with Crippen LogP contribution in [0.2, 0.25) is 0 Å². The average Bonchev–Trinajstić information content (AvgIpc) is 3.05. The highest BCUT2D eigenvalue weighted by atomic mass is 19.4. The third kappa shape index (κ3) is 3.80. The van der Waals surface area contributed by atoms with Crippen molar-refractivity contribution in [3.05, 3.63) is 83.7 Å². The molecule has 0 atom stereocenters. The van der Waals surface area contributed by atoms with Crippen molar-refractivity contribution in [2.45, 2.75) is 19.3 Å². The molecule has 1 N–H and O–H groups in total. The van der Waals surface area contributed by atoms with Gasteiger partial charge < -0.3 is 5.32 Å². The van der Waals surface area contributed by atoms with Crippen LogP contribution in [-0.2, 0) is 19.3 Å². The Balaban J connectivity index is 1.59. The van der Waals surface area contributed by atoms with E-state index in [1.165, 1.54) is 12.1 Å². The van der Waals surface area contributed by atoms with Crippen LogP contribution in [-0.4, -0.2) is 20.0 Å². The van der Waals surface area contributed by atoms with Crippen LogP contribution in [0.15, 0.2) is 66.9 Å². The number of nitrogens with one attached hydrogen (secondary N) is 1. The lowest BCUT2D eigenvalue weighted by molar-refractivity contribution is -0.137. The molecule has 142 valence electrons. The molecule has 0 amide bonds. The molecule has 28 heavy (non-hydrogen) atoms. The van der Waals surface area contributed by atoms with Gasteiger partial charge >= 0.3 is 6.18 Å². The average molecular weight is 383 g/mol. The Kier molecular flexibility index (Phi) is 4.68. The minimum Gasteiger partial charge on any atom is -0.362 e. The number of halogens is 3. The standard InChI is InChI=1S/C20H16F3N5/c21-20(22,23)15-9-7-14(8-10-15)13-28-18-6-2-1-5-17(18)19(27-28)24-12-16-4-3-11-25-26-16/h1-11H,12-13H2,(H,24,27). The first-order chi connectivity index (χ1) is 13.5. The Morgan fingerprint density at radius 2 is 1.71 bits per heavy atom. The number of anilines is 1. The predicted octanol–water partition coefficient (Wildman–Crippen LogP) is 4.51. The van der Waals surface area contributed by atoms with E-state index < -0.39 is 11.7 Å². The Bertz CT molecular complexity index is 1070. The molecule has 4 rings (SSSR count). The van der Waals surface area contributed by atoms with Crippen molar-refractivity contribution < 1.29 is 13.2 Å². The molecule has 0 aliphatic heterocycles. The van der Waals surface area contributed by atoms with Gasteiger partial charge in [-0.2, -0.15) is 28.5 Å². The van der Waals surface area contributed by atoms with Gasteiger partial charge in [-0.05, 0) is 42.0 Å². The second kappa shape index (κ2) is 7.30. The van der Waals surface area contributed by atoms with E-state index in [9.17, 15) is 13.2 Å². The highest BCUT2D eigenvalue weighted by molar-refractivity contribution is 5.90. The van der Waals surface area contributed by atoms with Gasteiger partial charge in [0.05, 0.1) is 29.9 Å². The van der Waals surface area contributed by atoms with Gasteiger partial charge in [-0.3, -0.25) is 4.68 Å². The number of rotatable bonds is 5. The molecular formula is C20H16F3N5. The van der Waals surface area contributed by atoms with Crippen LogP contribution < -0.4 is 5.32 Å². The maximum absolute atomic E-state index is 12.7. The molecule has 2 heterocycles. The van der Waals surface area contributed by atoms with Crippen LogP contribution in [0.5, 0.6) is 0 Å². The van der Waals surface area contributed by atoms with Crippen molar-refractivity contribution in [1.82, 2.24) is 20.0 Å². The lowest BCUT2D eigenvalue weighted by Crippen LogP contribution is -2.07. The molecule has 8 heteroatoms. The normalized spacial score (nSPS) is 11.7. The minimum atomic E-state index is -4.34. The molecule has 4 aromatic rings. The number of aromatic nitrogens is 4. The van der Waals surface area contributed by atoms with E-state index in [2.05, 4.69) is 20.6 Å². The van der Waals surface area contributed by atoms with E-state index in [0.717, 1.165) is 34.3 Å². The van der Waals surface area contributed by atoms with Gasteiger partial charge in [0.1, 0.15) is 0 Å². The number of hydrogen-bond donors (Lipinski definition) is 1. The highest BCUT2D eigenvalue weighted by Crippen LogP contribution is 2.29. The Hall–Kier alpha value is -3.42. The number of alkyl halides is 3. The van der Waals surface area contributed by atoms with E-state index >= 15 is 0 Å². The molecular weight excluding hydrogens is 367 g/mol. The smallest absolute Gasteiger partial charge is 0.362 e. The van der Waals surface area contributed by atoms with E-state index in [-0.39, 0.29) is 0 Å². The van der Waals surface area contributed by atoms with Crippen LogP contribution in [0.3, 0.4) is 0 Å². The van der Waals surface area contributed by atoms with E-state index in [4.69, 9.17) is 0 Å². The summed E-state index contributed by atoms with van der Waals surface area (Å²) in [5.41, 5.74) is 1.75. The summed E-state index contributed by atoms with van der Waals surface area (Å²) in [6.07, 6.45) is -2.73. The van der Waals surface area contributed by atoms with Crippen LogP contribution in [0.4, 0.5) is 19.0 Å². The van der Waals surface area contributed by atoms with E-state index in [1.54, 1.807) is 10.9 Å². The van der Waals surface area contributed by atoms with Gasteiger partial charge in [0.2, 0.25) is 0 Å². The molecule has 0 fully saturated rings. The van der Waals surface area contributed by atoms with Crippen LogP contribution in [0.1, 0.15) is 16.8 Å². The number of benzene rings is 2. The Morgan fingerprint density at radius 1 is 0.929 bits per heavy atom. The van der Waals surface area contributed by atoms with Crippen LogP contribution in [0.25, 0.3) is 10.9 Å². The molecule has 5 nitrogen and oxygen atoms in total. The van der Waals surface area contributed by atoms with Gasteiger partial charge in [-0.25, -0.2) is 0 Å². The maximum Gasteiger partial charge on any atom is 0.416 e. The molecule has 0 spiro atoms.